The molecule has 0 aliphatic carbocycles. The molecule has 2 unspecified atom stereocenters. The Balaban J connectivity index is 1.55. The van der Waals surface area contributed by atoms with Crippen LogP contribution in [-0.2, 0) is 11.2 Å². The Morgan fingerprint density at radius 2 is 2.35 bits per heavy atom. The molecule has 1 saturated heterocycles. The second-order valence-corrected chi connectivity index (χ2v) is 5.58. The van der Waals surface area contributed by atoms with Crippen LogP contribution in [0.2, 0.25) is 0 Å². The van der Waals surface area contributed by atoms with Crippen LogP contribution in [-0.4, -0.2) is 31.9 Å². The molecule has 2 aliphatic heterocycles. The van der Waals surface area contributed by atoms with Crippen molar-refractivity contribution in [1.82, 2.24) is 5.32 Å². The summed E-state index contributed by atoms with van der Waals surface area (Å²) in [5.74, 6) is 1.03. The molecule has 1 N–H and O–H groups in total. The van der Waals surface area contributed by atoms with Crippen molar-refractivity contribution in [3.63, 3.8) is 0 Å². The van der Waals surface area contributed by atoms with Crippen LogP contribution in [0.4, 0.5) is 0 Å². The summed E-state index contributed by atoms with van der Waals surface area (Å²) in [5.41, 5.74) is 1.30. The summed E-state index contributed by atoms with van der Waals surface area (Å²) in [7, 11) is 0. The highest BCUT2D eigenvalue weighted by atomic mass is 79.9. The number of nitrogens with one attached hydrogen (secondary N) is 1. The molecule has 0 bridgehead atoms. The highest BCUT2D eigenvalue weighted by molar-refractivity contribution is 9.10. The van der Waals surface area contributed by atoms with Crippen molar-refractivity contribution in [3.05, 3.63) is 28.2 Å². The van der Waals surface area contributed by atoms with Crippen molar-refractivity contribution >= 4 is 15.9 Å². The van der Waals surface area contributed by atoms with Crippen LogP contribution in [0.15, 0.2) is 22.7 Å². The summed E-state index contributed by atoms with van der Waals surface area (Å²) in [6, 6.07) is 6.72. The normalized spacial score (nSPS) is 26.9. The third-order valence-electron chi connectivity index (χ3n) is 3.33. The SMILES string of the molecule is Brc1ccc2c(c1)CC(CNC1CCOC1)O2. The van der Waals surface area contributed by atoms with E-state index in [0.29, 0.717) is 6.04 Å². The van der Waals surface area contributed by atoms with Gasteiger partial charge in [0.05, 0.1) is 6.61 Å². The van der Waals surface area contributed by atoms with Gasteiger partial charge in [-0.3, -0.25) is 0 Å². The van der Waals surface area contributed by atoms with Gasteiger partial charge in [0.25, 0.3) is 0 Å². The predicted octanol–water partition coefficient (Wildman–Crippen LogP) is 2.13. The minimum atomic E-state index is 0.264. The zero-order valence-corrected chi connectivity index (χ0v) is 11.2. The van der Waals surface area contributed by atoms with Crippen LogP contribution < -0.4 is 10.1 Å². The molecular weight excluding hydrogens is 282 g/mol. The second kappa shape index (κ2) is 4.96. The van der Waals surface area contributed by atoms with Crippen LogP contribution >= 0.6 is 15.9 Å². The summed E-state index contributed by atoms with van der Waals surface area (Å²) in [6.45, 7) is 2.63. The van der Waals surface area contributed by atoms with Crippen LogP contribution in [0.5, 0.6) is 5.75 Å². The summed E-state index contributed by atoms with van der Waals surface area (Å²) >= 11 is 3.49. The van der Waals surface area contributed by atoms with Gasteiger partial charge in [0.1, 0.15) is 11.9 Å². The topological polar surface area (TPSA) is 30.5 Å². The molecule has 2 heterocycles. The Labute approximate surface area is 110 Å². The van der Waals surface area contributed by atoms with Crippen LogP contribution in [0.3, 0.4) is 0 Å². The molecule has 0 aromatic heterocycles. The lowest BCUT2D eigenvalue weighted by Gasteiger charge is -2.15. The number of ether oxygens (including phenoxy) is 2. The molecule has 0 radical (unpaired) electrons. The van der Waals surface area contributed by atoms with E-state index in [4.69, 9.17) is 9.47 Å². The van der Waals surface area contributed by atoms with Gasteiger partial charge in [-0.1, -0.05) is 15.9 Å². The van der Waals surface area contributed by atoms with Crippen molar-refractivity contribution in [2.45, 2.75) is 25.0 Å². The molecule has 3 rings (SSSR count). The average molecular weight is 298 g/mol. The molecule has 1 fully saturated rings. The lowest BCUT2D eigenvalue weighted by molar-refractivity contribution is 0.183. The fourth-order valence-corrected chi connectivity index (χ4v) is 2.80. The van der Waals surface area contributed by atoms with Crippen LogP contribution in [0.1, 0.15) is 12.0 Å². The summed E-state index contributed by atoms with van der Waals surface area (Å²) in [4.78, 5) is 0. The highest BCUT2D eigenvalue weighted by Crippen LogP contribution is 2.31. The van der Waals surface area contributed by atoms with E-state index in [0.717, 1.165) is 42.8 Å². The summed E-state index contributed by atoms with van der Waals surface area (Å²) in [6.07, 6.45) is 2.38. The van der Waals surface area contributed by atoms with E-state index >= 15 is 0 Å². The third kappa shape index (κ3) is 2.64. The number of hydrogen-bond acceptors (Lipinski definition) is 3. The summed E-state index contributed by atoms with van der Waals surface area (Å²) < 4.78 is 12.4. The van der Waals surface area contributed by atoms with E-state index in [9.17, 15) is 0 Å². The smallest absolute Gasteiger partial charge is 0.123 e. The maximum absolute atomic E-state index is 5.90. The Morgan fingerprint density at radius 3 is 3.18 bits per heavy atom. The predicted molar refractivity (Wildman–Crippen MR) is 69.5 cm³/mol. The minimum Gasteiger partial charge on any atom is -0.488 e. The van der Waals surface area contributed by atoms with E-state index in [1.807, 2.05) is 12.1 Å². The second-order valence-electron chi connectivity index (χ2n) is 4.66. The van der Waals surface area contributed by atoms with E-state index in [2.05, 4.69) is 27.3 Å². The molecule has 2 atom stereocenters. The van der Waals surface area contributed by atoms with Crippen molar-refractivity contribution in [2.75, 3.05) is 19.8 Å². The summed E-state index contributed by atoms with van der Waals surface area (Å²) in [5, 5.41) is 3.51. The molecule has 4 heteroatoms. The highest BCUT2D eigenvalue weighted by Gasteiger charge is 2.24. The molecule has 17 heavy (non-hydrogen) atoms. The van der Waals surface area contributed by atoms with Crippen LogP contribution in [0, 0.1) is 0 Å². The standard InChI is InChI=1S/C13H16BrNO2/c14-10-1-2-13-9(5-10)6-12(17-13)7-15-11-3-4-16-8-11/h1-2,5,11-12,15H,3-4,6-8H2. The van der Waals surface area contributed by atoms with E-state index in [1.54, 1.807) is 0 Å². The minimum absolute atomic E-state index is 0.264. The first-order valence-electron chi connectivity index (χ1n) is 6.07. The first kappa shape index (κ1) is 11.5. The van der Waals surface area contributed by atoms with Crippen LogP contribution in [0.25, 0.3) is 0 Å². The van der Waals surface area contributed by atoms with Gasteiger partial charge >= 0.3 is 0 Å². The van der Waals surface area contributed by atoms with E-state index in [-0.39, 0.29) is 6.10 Å². The van der Waals surface area contributed by atoms with E-state index in [1.165, 1.54) is 5.56 Å². The number of benzene rings is 1. The maximum Gasteiger partial charge on any atom is 0.123 e. The Morgan fingerprint density at radius 1 is 1.41 bits per heavy atom. The van der Waals surface area contributed by atoms with Gasteiger partial charge in [-0.25, -0.2) is 0 Å². The monoisotopic (exact) mass is 297 g/mol. The van der Waals surface area contributed by atoms with Crippen molar-refractivity contribution < 1.29 is 9.47 Å². The zero-order chi connectivity index (χ0) is 11.7. The fraction of sp³-hybridized carbons (Fsp3) is 0.538. The molecule has 92 valence electrons. The fourth-order valence-electron chi connectivity index (χ4n) is 2.40. The van der Waals surface area contributed by atoms with Gasteiger partial charge < -0.3 is 14.8 Å². The Kier molecular flexibility index (Phi) is 3.36. The van der Waals surface area contributed by atoms with Gasteiger partial charge in [0.2, 0.25) is 0 Å². The van der Waals surface area contributed by atoms with Crippen molar-refractivity contribution in [3.8, 4) is 5.75 Å². The lowest BCUT2D eigenvalue weighted by Crippen LogP contribution is -2.37. The van der Waals surface area contributed by atoms with Crippen molar-refractivity contribution in [2.24, 2.45) is 0 Å². The van der Waals surface area contributed by atoms with Gasteiger partial charge in [-0.15, -0.1) is 0 Å². The molecule has 1 aromatic rings. The van der Waals surface area contributed by atoms with Crippen molar-refractivity contribution in [1.29, 1.82) is 0 Å². The van der Waals surface area contributed by atoms with Gasteiger partial charge in [0.15, 0.2) is 0 Å². The molecule has 1 aromatic carbocycles. The lowest BCUT2D eigenvalue weighted by atomic mass is 10.1. The first-order chi connectivity index (χ1) is 8.31. The zero-order valence-electron chi connectivity index (χ0n) is 9.62. The quantitative estimate of drug-likeness (QED) is 0.927. The number of fused-ring (bicyclic) bond motifs is 1. The molecule has 2 aliphatic rings. The molecule has 0 amide bonds. The first-order valence-corrected chi connectivity index (χ1v) is 6.87. The molecule has 0 saturated carbocycles. The Bertz CT molecular complexity index is 404. The number of halogens is 1. The average Bonchev–Trinajstić information content (AvgIpc) is 2.94. The maximum atomic E-state index is 5.90. The number of hydrogen-bond donors (Lipinski definition) is 1. The third-order valence-corrected chi connectivity index (χ3v) is 3.82. The molecule has 3 nitrogen and oxygen atoms in total. The van der Waals surface area contributed by atoms with Gasteiger partial charge in [0, 0.05) is 30.1 Å². The molecule has 0 spiro atoms. The van der Waals surface area contributed by atoms with Gasteiger partial charge in [-0.05, 0) is 30.2 Å². The molecular formula is C13H16BrNO2. The van der Waals surface area contributed by atoms with Gasteiger partial charge in [-0.2, -0.15) is 0 Å². The van der Waals surface area contributed by atoms with E-state index < -0.39 is 0 Å². The Hall–Kier alpha value is -0.580. The largest absolute Gasteiger partial charge is 0.488 e. The number of rotatable bonds is 3.